The van der Waals surface area contributed by atoms with E-state index in [1.807, 2.05) is 0 Å². The predicted molar refractivity (Wildman–Crippen MR) is 57.9 cm³/mol. The van der Waals surface area contributed by atoms with E-state index in [4.69, 9.17) is 9.84 Å². The number of carbonyl (C=O) groups is 1. The molecule has 0 aromatic rings. The molecule has 0 spiro atoms. The summed E-state index contributed by atoms with van der Waals surface area (Å²) in [7, 11) is 1.68. The number of hydrogen-bond acceptors (Lipinski definition) is 3. The van der Waals surface area contributed by atoms with Crippen molar-refractivity contribution in [3.8, 4) is 0 Å². The second-order valence-corrected chi connectivity index (χ2v) is 4.51. The molecule has 1 aliphatic rings. The van der Waals surface area contributed by atoms with Crippen LogP contribution in [-0.4, -0.2) is 36.9 Å². The molecule has 1 atom stereocenters. The number of likely N-dealkylation sites (N-methyl/N-ethyl adjacent to an activating group) is 1. The van der Waals surface area contributed by atoms with Crippen LogP contribution in [0.5, 0.6) is 0 Å². The second kappa shape index (κ2) is 5.47. The Balaban J connectivity index is 2.07. The molecule has 15 heavy (non-hydrogen) atoms. The predicted octanol–water partition coefficient (Wildman–Crippen LogP) is 1.26. The molecule has 0 heterocycles. The molecule has 2 N–H and O–H groups in total. The lowest BCUT2D eigenvalue weighted by molar-refractivity contribution is -0.144. The zero-order valence-corrected chi connectivity index (χ0v) is 9.58. The maximum atomic E-state index is 10.9. The summed E-state index contributed by atoms with van der Waals surface area (Å²) >= 11 is 0. The summed E-state index contributed by atoms with van der Waals surface area (Å²) in [5.74, 6) is -0.0210. The molecule has 0 aliphatic heterocycles. The highest BCUT2D eigenvalue weighted by atomic mass is 16.5. The van der Waals surface area contributed by atoms with Crippen LogP contribution in [0.25, 0.3) is 0 Å². The Labute approximate surface area is 91.0 Å². The highest BCUT2D eigenvalue weighted by Crippen LogP contribution is 2.28. The Morgan fingerprint density at radius 3 is 2.73 bits per heavy atom. The van der Waals surface area contributed by atoms with Crippen molar-refractivity contribution in [1.82, 2.24) is 5.32 Å². The maximum absolute atomic E-state index is 10.9. The summed E-state index contributed by atoms with van der Waals surface area (Å²) in [6.45, 7) is 3.22. The Morgan fingerprint density at radius 1 is 1.60 bits per heavy atom. The minimum atomic E-state index is -0.817. The van der Waals surface area contributed by atoms with Gasteiger partial charge in [-0.1, -0.05) is 0 Å². The molecule has 0 radical (unpaired) electrons. The Hall–Kier alpha value is -0.610. The van der Waals surface area contributed by atoms with Gasteiger partial charge in [0.2, 0.25) is 0 Å². The SMILES string of the molecule is CNC(C)(CCCOCC1CC1)C(=O)O. The molecule has 0 aromatic heterocycles. The minimum Gasteiger partial charge on any atom is -0.480 e. The number of carboxylic acid groups (broad SMARTS) is 1. The van der Waals surface area contributed by atoms with E-state index in [1.165, 1.54) is 12.8 Å². The quantitative estimate of drug-likeness (QED) is 0.598. The van der Waals surface area contributed by atoms with Crippen molar-refractivity contribution in [3.05, 3.63) is 0 Å². The van der Waals surface area contributed by atoms with Gasteiger partial charge in [0, 0.05) is 13.2 Å². The zero-order chi connectivity index (χ0) is 11.3. The molecule has 1 fully saturated rings. The number of ether oxygens (including phenoxy) is 1. The third kappa shape index (κ3) is 4.18. The lowest BCUT2D eigenvalue weighted by Gasteiger charge is -2.23. The monoisotopic (exact) mass is 215 g/mol. The van der Waals surface area contributed by atoms with Crippen molar-refractivity contribution < 1.29 is 14.6 Å². The number of carboxylic acids is 1. The molecule has 88 valence electrons. The second-order valence-electron chi connectivity index (χ2n) is 4.51. The number of nitrogens with one attached hydrogen (secondary N) is 1. The third-order valence-corrected chi connectivity index (χ3v) is 3.04. The van der Waals surface area contributed by atoms with Gasteiger partial charge in [-0.25, -0.2) is 0 Å². The number of aliphatic carboxylic acids is 1. The van der Waals surface area contributed by atoms with Crippen LogP contribution in [0.15, 0.2) is 0 Å². The van der Waals surface area contributed by atoms with Crippen molar-refractivity contribution in [1.29, 1.82) is 0 Å². The van der Waals surface area contributed by atoms with Crippen LogP contribution in [0.3, 0.4) is 0 Å². The summed E-state index contributed by atoms with van der Waals surface area (Å²) in [5, 5.41) is 11.8. The summed E-state index contributed by atoms with van der Waals surface area (Å²) < 4.78 is 5.46. The van der Waals surface area contributed by atoms with Crippen molar-refractivity contribution in [2.75, 3.05) is 20.3 Å². The fourth-order valence-electron chi connectivity index (χ4n) is 1.40. The topological polar surface area (TPSA) is 58.6 Å². The smallest absolute Gasteiger partial charge is 0.323 e. The molecule has 0 amide bonds. The minimum absolute atomic E-state index is 0.601. The first kappa shape index (κ1) is 12.5. The first-order chi connectivity index (χ1) is 7.08. The lowest BCUT2D eigenvalue weighted by Crippen LogP contribution is -2.47. The number of rotatable bonds is 8. The molecule has 0 bridgehead atoms. The van der Waals surface area contributed by atoms with E-state index < -0.39 is 11.5 Å². The molecule has 1 unspecified atom stereocenters. The molecule has 4 heteroatoms. The molecule has 1 aliphatic carbocycles. The summed E-state index contributed by atoms with van der Waals surface area (Å²) in [5.41, 5.74) is -0.817. The standard InChI is InChI=1S/C11H21NO3/c1-11(12-2,10(13)14)6-3-7-15-8-9-4-5-9/h9,12H,3-8H2,1-2H3,(H,13,14). The van der Waals surface area contributed by atoms with Crippen LogP contribution in [0.2, 0.25) is 0 Å². The van der Waals surface area contributed by atoms with Crippen molar-refractivity contribution in [3.63, 3.8) is 0 Å². The van der Waals surface area contributed by atoms with E-state index in [0.717, 1.165) is 18.9 Å². The van der Waals surface area contributed by atoms with Crippen LogP contribution in [-0.2, 0) is 9.53 Å². The largest absolute Gasteiger partial charge is 0.480 e. The van der Waals surface area contributed by atoms with Gasteiger partial charge in [-0.3, -0.25) is 4.79 Å². The van der Waals surface area contributed by atoms with Crippen LogP contribution < -0.4 is 5.32 Å². The molecule has 1 rings (SSSR count). The van der Waals surface area contributed by atoms with E-state index >= 15 is 0 Å². The molecule has 0 aromatic carbocycles. The molecular weight excluding hydrogens is 194 g/mol. The molecular formula is C11H21NO3. The number of hydrogen-bond donors (Lipinski definition) is 2. The average Bonchev–Trinajstić information content (AvgIpc) is 3.00. The first-order valence-corrected chi connectivity index (χ1v) is 5.58. The summed E-state index contributed by atoms with van der Waals surface area (Å²) in [6.07, 6.45) is 3.98. The fraction of sp³-hybridized carbons (Fsp3) is 0.909. The summed E-state index contributed by atoms with van der Waals surface area (Å²) in [4.78, 5) is 10.9. The van der Waals surface area contributed by atoms with Crippen molar-refractivity contribution >= 4 is 5.97 Å². The zero-order valence-electron chi connectivity index (χ0n) is 9.58. The highest BCUT2D eigenvalue weighted by Gasteiger charge is 2.30. The van der Waals surface area contributed by atoms with Gasteiger partial charge >= 0.3 is 5.97 Å². The van der Waals surface area contributed by atoms with Gasteiger partial charge in [0.1, 0.15) is 5.54 Å². The molecule has 1 saturated carbocycles. The van der Waals surface area contributed by atoms with Gasteiger partial charge in [0.15, 0.2) is 0 Å². The Bertz CT molecular complexity index is 216. The van der Waals surface area contributed by atoms with E-state index in [2.05, 4.69) is 5.32 Å². The normalized spacial score (nSPS) is 19.9. The maximum Gasteiger partial charge on any atom is 0.323 e. The molecule has 4 nitrogen and oxygen atoms in total. The van der Waals surface area contributed by atoms with Gasteiger partial charge in [0.05, 0.1) is 0 Å². The first-order valence-electron chi connectivity index (χ1n) is 5.58. The van der Waals surface area contributed by atoms with Crippen LogP contribution in [0, 0.1) is 5.92 Å². The van der Waals surface area contributed by atoms with Crippen molar-refractivity contribution in [2.45, 2.75) is 38.1 Å². The van der Waals surface area contributed by atoms with Crippen molar-refractivity contribution in [2.24, 2.45) is 5.92 Å². The van der Waals surface area contributed by atoms with E-state index in [1.54, 1.807) is 14.0 Å². The van der Waals surface area contributed by atoms with Crippen LogP contribution in [0.4, 0.5) is 0 Å². The summed E-state index contributed by atoms with van der Waals surface area (Å²) in [6, 6.07) is 0. The van der Waals surface area contributed by atoms with Gasteiger partial charge < -0.3 is 15.2 Å². The van der Waals surface area contributed by atoms with Crippen LogP contribution in [0.1, 0.15) is 32.6 Å². The third-order valence-electron chi connectivity index (χ3n) is 3.04. The average molecular weight is 215 g/mol. The lowest BCUT2D eigenvalue weighted by atomic mass is 9.96. The fourth-order valence-corrected chi connectivity index (χ4v) is 1.40. The van der Waals surface area contributed by atoms with E-state index in [-0.39, 0.29) is 0 Å². The van der Waals surface area contributed by atoms with Gasteiger partial charge in [-0.2, -0.15) is 0 Å². The molecule has 0 saturated heterocycles. The van der Waals surface area contributed by atoms with Gasteiger partial charge in [-0.15, -0.1) is 0 Å². The van der Waals surface area contributed by atoms with Gasteiger partial charge in [0.25, 0.3) is 0 Å². The van der Waals surface area contributed by atoms with E-state index in [0.29, 0.717) is 13.0 Å². The highest BCUT2D eigenvalue weighted by molar-refractivity contribution is 5.78. The Kier molecular flexibility index (Phi) is 4.54. The van der Waals surface area contributed by atoms with Gasteiger partial charge in [-0.05, 0) is 45.6 Å². The Morgan fingerprint density at radius 2 is 2.27 bits per heavy atom. The van der Waals surface area contributed by atoms with E-state index in [9.17, 15) is 4.79 Å². The van der Waals surface area contributed by atoms with Crippen LogP contribution >= 0.6 is 0 Å².